The Labute approximate surface area is 216 Å². The third-order valence-electron chi connectivity index (χ3n) is 7.16. The van der Waals surface area contributed by atoms with Crippen LogP contribution < -0.4 is 4.74 Å². The van der Waals surface area contributed by atoms with E-state index in [9.17, 15) is 14.3 Å². The highest BCUT2D eigenvalue weighted by Crippen LogP contribution is 2.44. The van der Waals surface area contributed by atoms with E-state index >= 15 is 0 Å². The standard InChI is InChI=1S/C27H22Cl2FN3O3/c28-16-11-15-12-23(36-24(15)20(13-16)18-3-7-31-25-19(18)4-8-32-25)26(34)33-9-5-27(35,6-10-33)21-2-1-17(30)14-22(21)29/h1-4,7-8,11,13-14,23,35H,5-6,9-10,12H2,(H,31,32). The number of carbonyl (C=O) groups excluding carboxylic acids is 1. The van der Waals surface area contributed by atoms with Gasteiger partial charge in [0.2, 0.25) is 0 Å². The van der Waals surface area contributed by atoms with Crippen LogP contribution in [0.5, 0.6) is 5.75 Å². The molecule has 1 unspecified atom stereocenters. The maximum atomic E-state index is 13.5. The SMILES string of the molecule is O=C(C1Cc2cc(Cl)cc(-c3ccnc4[nH]ccc34)c2O1)N1CCC(O)(c2ccc(F)cc2Cl)CC1. The lowest BCUT2D eigenvalue weighted by atomic mass is 9.84. The van der Waals surface area contributed by atoms with Gasteiger partial charge in [-0.25, -0.2) is 9.37 Å². The minimum absolute atomic E-state index is 0.137. The molecule has 0 radical (unpaired) electrons. The molecule has 2 aliphatic rings. The Morgan fingerprint density at radius 2 is 1.94 bits per heavy atom. The highest BCUT2D eigenvalue weighted by Gasteiger charge is 2.40. The molecule has 1 atom stereocenters. The smallest absolute Gasteiger partial charge is 0.263 e. The summed E-state index contributed by atoms with van der Waals surface area (Å²) in [6.07, 6.45) is 3.87. The second-order valence-electron chi connectivity index (χ2n) is 9.33. The van der Waals surface area contributed by atoms with Crippen LogP contribution in [-0.4, -0.2) is 45.1 Å². The van der Waals surface area contributed by atoms with Gasteiger partial charge in [0.25, 0.3) is 5.91 Å². The van der Waals surface area contributed by atoms with E-state index in [0.29, 0.717) is 48.7 Å². The number of piperidine rings is 1. The molecule has 0 saturated carbocycles. The van der Waals surface area contributed by atoms with Crippen molar-refractivity contribution < 1.29 is 19.0 Å². The van der Waals surface area contributed by atoms with Gasteiger partial charge < -0.3 is 19.7 Å². The molecule has 6 rings (SSSR count). The Morgan fingerprint density at radius 3 is 2.72 bits per heavy atom. The summed E-state index contributed by atoms with van der Waals surface area (Å²) in [4.78, 5) is 22.6. The molecule has 0 spiro atoms. The van der Waals surface area contributed by atoms with Gasteiger partial charge in [0.05, 0.1) is 5.60 Å². The maximum Gasteiger partial charge on any atom is 0.263 e. The second kappa shape index (κ2) is 8.76. The van der Waals surface area contributed by atoms with Crippen LogP contribution in [0.15, 0.2) is 54.9 Å². The molecule has 0 bridgehead atoms. The minimum atomic E-state index is -1.22. The average molecular weight is 526 g/mol. The van der Waals surface area contributed by atoms with Crippen molar-refractivity contribution >= 4 is 40.1 Å². The minimum Gasteiger partial charge on any atom is -0.479 e. The summed E-state index contributed by atoms with van der Waals surface area (Å²) >= 11 is 12.7. The van der Waals surface area contributed by atoms with Gasteiger partial charge in [0.15, 0.2) is 6.10 Å². The van der Waals surface area contributed by atoms with Gasteiger partial charge in [-0.15, -0.1) is 0 Å². The maximum absolute atomic E-state index is 13.5. The van der Waals surface area contributed by atoms with Crippen LogP contribution in [0.1, 0.15) is 24.0 Å². The number of halogens is 3. The van der Waals surface area contributed by atoms with Crippen molar-refractivity contribution in [2.24, 2.45) is 0 Å². The van der Waals surface area contributed by atoms with E-state index in [1.807, 2.05) is 30.5 Å². The fourth-order valence-electron chi connectivity index (χ4n) is 5.29. The van der Waals surface area contributed by atoms with Gasteiger partial charge in [-0.05, 0) is 54.8 Å². The topological polar surface area (TPSA) is 78.5 Å². The Morgan fingerprint density at radius 1 is 1.14 bits per heavy atom. The zero-order valence-electron chi connectivity index (χ0n) is 19.1. The lowest BCUT2D eigenvalue weighted by Gasteiger charge is -2.39. The molecule has 2 aliphatic heterocycles. The van der Waals surface area contributed by atoms with Crippen molar-refractivity contribution in [2.45, 2.75) is 31.0 Å². The van der Waals surface area contributed by atoms with Crippen LogP contribution in [0.3, 0.4) is 0 Å². The predicted octanol–water partition coefficient (Wildman–Crippen LogP) is 5.49. The van der Waals surface area contributed by atoms with Crippen LogP contribution in [-0.2, 0) is 16.8 Å². The first kappa shape index (κ1) is 23.3. The Kier molecular flexibility index (Phi) is 5.67. The Bertz CT molecular complexity index is 1500. The van der Waals surface area contributed by atoms with Gasteiger partial charge in [-0.1, -0.05) is 29.3 Å². The van der Waals surface area contributed by atoms with E-state index in [-0.39, 0.29) is 10.9 Å². The van der Waals surface area contributed by atoms with Crippen LogP contribution in [0, 0.1) is 5.82 Å². The second-order valence-corrected chi connectivity index (χ2v) is 10.2. The molecule has 1 fully saturated rings. The highest BCUT2D eigenvalue weighted by molar-refractivity contribution is 6.31. The molecule has 2 aromatic carbocycles. The quantitative estimate of drug-likeness (QED) is 0.370. The van der Waals surface area contributed by atoms with Gasteiger partial charge in [0.1, 0.15) is 17.2 Å². The number of amides is 1. The van der Waals surface area contributed by atoms with Crippen molar-refractivity contribution in [1.29, 1.82) is 0 Å². The molecule has 1 amide bonds. The van der Waals surface area contributed by atoms with E-state index in [0.717, 1.165) is 27.7 Å². The van der Waals surface area contributed by atoms with E-state index in [1.165, 1.54) is 18.2 Å². The largest absolute Gasteiger partial charge is 0.479 e. The number of aliphatic hydroxyl groups is 1. The molecule has 1 saturated heterocycles. The van der Waals surface area contributed by atoms with E-state index in [2.05, 4.69) is 9.97 Å². The number of nitrogens with one attached hydrogen (secondary N) is 1. The van der Waals surface area contributed by atoms with Gasteiger partial charge in [-0.3, -0.25) is 4.79 Å². The normalized spacial score (nSPS) is 18.8. The van der Waals surface area contributed by atoms with E-state index in [4.69, 9.17) is 27.9 Å². The lowest BCUT2D eigenvalue weighted by Crippen LogP contribution is -2.49. The van der Waals surface area contributed by atoms with Gasteiger partial charge in [-0.2, -0.15) is 0 Å². The lowest BCUT2D eigenvalue weighted by molar-refractivity contribution is -0.142. The summed E-state index contributed by atoms with van der Waals surface area (Å²) < 4.78 is 19.7. The van der Waals surface area contributed by atoms with Crippen molar-refractivity contribution in [3.8, 4) is 16.9 Å². The molecule has 9 heteroatoms. The molecule has 36 heavy (non-hydrogen) atoms. The summed E-state index contributed by atoms with van der Waals surface area (Å²) in [5, 5.41) is 12.9. The van der Waals surface area contributed by atoms with Crippen molar-refractivity contribution in [1.82, 2.24) is 14.9 Å². The van der Waals surface area contributed by atoms with E-state index < -0.39 is 17.5 Å². The van der Waals surface area contributed by atoms with E-state index in [1.54, 1.807) is 11.1 Å². The van der Waals surface area contributed by atoms with Crippen molar-refractivity contribution in [3.05, 3.63) is 81.8 Å². The zero-order valence-corrected chi connectivity index (χ0v) is 20.6. The number of H-pyrrole nitrogens is 1. The van der Waals surface area contributed by atoms with Crippen LogP contribution in [0.4, 0.5) is 4.39 Å². The molecule has 6 nitrogen and oxygen atoms in total. The number of nitrogens with zero attached hydrogens (tertiary/aromatic N) is 2. The van der Waals surface area contributed by atoms with Crippen LogP contribution >= 0.6 is 23.2 Å². The summed E-state index contributed by atoms with van der Waals surface area (Å²) in [5.41, 5.74) is 2.64. The number of benzene rings is 2. The summed E-state index contributed by atoms with van der Waals surface area (Å²) in [6.45, 7) is 0.669. The number of ether oxygens (including phenoxy) is 1. The van der Waals surface area contributed by atoms with Gasteiger partial charge >= 0.3 is 0 Å². The first-order valence-electron chi connectivity index (χ1n) is 11.7. The number of likely N-dealkylation sites (tertiary alicyclic amines) is 1. The van der Waals surface area contributed by atoms with Gasteiger partial charge in [0, 0.05) is 64.0 Å². The number of rotatable bonds is 3. The Balaban J connectivity index is 1.22. The molecule has 2 aromatic heterocycles. The van der Waals surface area contributed by atoms with Crippen LogP contribution in [0.2, 0.25) is 10.0 Å². The molecule has 0 aliphatic carbocycles. The highest BCUT2D eigenvalue weighted by atomic mass is 35.5. The summed E-state index contributed by atoms with van der Waals surface area (Å²) in [6, 6.07) is 11.5. The third-order valence-corrected chi connectivity index (χ3v) is 7.69. The fourth-order valence-corrected chi connectivity index (χ4v) is 5.88. The Hall–Kier alpha value is -3.13. The molecule has 4 heterocycles. The van der Waals surface area contributed by atoms with Crippen LogP contribution in [0.25, 0.3) is 22.2 Å². The third kappa shape index (κ3) is 3.92. The molecular formula is C27H22Cl2FN3O3. The first-order chi connectivity index (χ1) is 17.3. The number of aromatic amines is 1. The number of aromatic nitrogens is 2. The first-order valence-corrected chi connectivity index (χ1v) is 12.5. The van der Waals surface area contributed by atoms with Crippen molar-refractivity contribution in [3.63, 3.8) is 0 Å². The number of pyridine rings is 1. The number of hydrogen-bond acceptors (Lipinski definition) is 4. The average Bonchev–Trinajstić information content (AvgIpc) is 3.50. The number of hydrogen-bond donors (Lipinski definition) is 2. The molecule has 4 aromatic rings. The monoisotopic (exact) mass is 525 g/mol. The zero-order chi connectivity index (χ0) is 25.0. The fraction of sp³-hybridized carbons (Fsp3) is 0.259. The summed E-state index contributed by atoms with van der Waals surface area (Å²) in [5.74, 6) is 0.0569. The van der Waals surface area contributed by atoms with Crippen molar-refractivity contribution in [2.75, 3.05) is 13.1 Å². The number of carbonyl (C=O) groups is 1. The molecule has 2 N–H and O–H groups in total. The number of fused-ring (bicyclic) bond motifs is 2. The summed E-state index contributed by atoms with van der Waals surface area (Å²) in [7, 11) is 0. The predicted molar refractivity (Wildman–Crippen MR) is 136 cm³/mol. The molecular weight excluding hydrogens is 504 g/mol. The molecule has 184 valence electrons.